The average molecular weight is 441 g/mol. The molecule has 0 saturated heterocycles. The van der Waals surface area contributed by atoms with E-state index in [2.05, 4.69) is 20.0 Å². The van der Waals surface area contributed by atoms with Crippen molar-refractivity contribution in [3.63, 3.8) is 0 Å². The van der Waals surface area contributed by atoms with Crippen LogP contribution in [0.2, 0.25) is 0 Å². The molecular weight excluding hydrogens is 422 g/mol. The number of amides is 1. The van der Waals surface area contributed by atoms with Gasteiger partial charge in [0.15, 0.2) is 11.6 Å². The van der Waals surface area contributed by atoms with Gasteiger partial charge in [0.2, 0.25) is 0 Å². The highest BCUT2D eigenvalue weighted by Crippen LogP contribution is 2.28. The van der Waals surface area contributed by atoms with E-state index in [1.807, 2.05) is 6.08 Å². The molecule has 1 unspecified atom stereocenters. The fourth-order valence-corrected chi connectivity index (χ4v) is 3.17. The third-order valence-corrected chi connectivity index (χ3v) is 4.54. The lowest BCUT2D eigenvalue weighted by Gasteiger charge is -2.19. The number of hydrogen-bond acceptors (Lipinski definition) is 5. The molecule has 0 spiro atoms. The Morgan fingerprint density at radius 3 is 2.71 bits per heavy atom. The molecule has 0 aliphatic heterocycles. The standard InChI is InChI=1S/C20H19F4N3O4/c1-30-10-15(12-6-7-16(13(21)8-12)31-20(22,23)24)26-19(29)14-9-17(28)27-18(25-14)11-4-2-3-5-11/h4,6-9,15H,2-3,5,10H2,1H3,(H,26,29)(H,25,27,28). The van der Waals surface area contributed by atoms with Crippen molar-refractivity contribution in [3.8, 4) is 5.75 Å². The number of methoxy groups -OCH3 is 1. The Bertz CT molecular complexity index is 1050. The lowest BCUT2D eigenvalue weighted by atomic mass is 10.1. The molecule has 1 heterocycles. The number of nitrogens with zero attached hydrogens (tertiary/aromatic N) is 1. The number of ether oxygens (including phenoxy) is 2. The zero-order valence-electron chi connectivity index (χ0n) is 16.4. The number of benzene rings is 1. The van der Waals surface area contributed by atoms with E-state index in [9.17, 15) is 27.2 Å². The quantitative estimate of drug-likeness (QED) is 0.642. The Hall–Kier alpha value is -3.21. The van der Waals surface area contributed by atoms with Crippen LogP contribution in [0.25, 0.3) is 5.57 Å². The van der Waals surface area contributed by atoms with Crippen molar-refractivity contribution in [1.29, 1.82) is 0 Å². The Labute approximate surface area is 174 Å². The Kier molecular flexibility index (Phi) is 6.74. The predicted octanol–water partition coefficient (Wildman–Crippen LogP) is 3.49. The molecule has 31 heavy (non-hydrogen) atoms. The van der Waals surface area contributed by atoms with Gasteiger partial charge in [-0.15, -0.1) is 13.2 Å². The van der Waals surface area contributed by atoms with Crippen LogP contribution in [0.15, 0.2) is 35.1 Å². The number of carbonyl (C=O) groups excluding carboxylic acids is 1. The molecular formula is C20H19F4N3O4. The number of carbonyl (C=O) groups is 1. The highest BCUT2D eigenvalue weighted by atomic mass is 19.4. The molecule has 3 rings (SSSR count). The second-order valence-corrected chi connectivity index (χ2v) is 6.82. The largest absolute Gasteiger partial charge is 0.573 e. The summed E-state index contributed by atoms with van der Waals surface area (Å²) in [5.74, 6) is -2.67. The van der Waals surface area contributed by atoms with Gasteiger partial charge in [0, 0.05) is 13.2 Å². The second-order valence-electron chi connectivity index (χ2n) is 6.82. The second kappa shape index (κ2) is 9.29. The van der Waals surface area contributed by atoms with Crippen LogP contribution >= 0.6 is 0 Å². The first-order valence-electron chi connectivity index (χ1n) is 9.32. The molecule has 0 saturated carbocycles. The molecule has 11 heteroatoms. The molecule has 0 fully saturated rings. The number of rotatable bonds is 7. The smallest absolute Gasteiger partial charge is 0.403 e. The first-order valence-corrected chi connectivity index (χ1v) is 9.32. The minimum Gasteiger partial charge on any atom is -0.403 e. The van der Waals surface area contributed by atoms with Gasteiger partial charge in [0.1, 0.15) is 11.5 Å². The van der Waals surface area contributed by atoms with Crippen LogP contribution in [0.1, 0.15) is 47.2 Å². The van der Waals surface area contributed by atoms with E-state index in [4.69, 9.17) is 4.74 Å². The first kappa shape index (κ1) is 22.5. The lowest BCUT2D eigenvalue weighted by molar-refractivity contribution is -0.275. The zero-order chi connectivity index (χ0) is 22.6. The molecule has 1 atom stereocenters. The third-order valence-electron chi connectivity index (χ3n) is 4.54. The summed E-state index contributed by atoms with van der Waals surface area (Å²) in [6.45, 7) is -0.105. The summed E-state index contributed by atoms with van der Waals surface area (Å²) in [6.07, 6.45) is -0.607. The summed E-state index contributed by atoms with van der Waals surface area (Å²) in [5, 5.41) is 2.56. The number of hydrogen-bond donors (Lipinski definition) is 2. The maximum atomic E-state index is 14.1. The molecule has 2 N–H and O–H groups in total. The maximum absolute atomic E-state index is 14.1. The van der Waals surface area contributed by atoms with Gasteiger partial charge in [-0.3, -0.25) is 9.59 Å². The first-order chi connectivity index (χ1) is 14.7. The molecule has 1 aromatic carbocycles. The van der Waals surface area contributed by atoms with Gasteiger partial charge in [0.05, 0.1) is 12.6 Å². The van der Waals surface area contributed by atoms with Crippen molar-refractivity contribution < 1.29 is 31.8 Å². The van der Waals surface area contributed by atoms with Crippen molar-refractivity contribution in [2.45, 2.75) is 31.7 Å². The third kappa shape index (κ3) is 5.91. The summed E-state index contributed by atoms with van der Waals surface area (Å²) in [6, 6.07) is 2.91. The Balaban J connectivity index is 1.82. The molecule has 2 aromatic rings. The lowest BCUT2D eigenvalue weighted by Crippen LogP contribution is -2.33. The van der Waals surface area contributed by atoms with Gasteiger partial charge in [-0.05, 0) is 42.5 Å². The summed E-state index contributed by atoms with van der Waals surface area (Å²) in [7, 11) is 1.34. The maximum Gasteiger partial charge on any atom is 0.573 e. The average Bonchev–Trinajstić information content (AvgIpc) is 3.22. The summed E-state index contributed by atoms with van der Waals surface area (Å²) in [4.78, 5) is 31.5. The number of nitrogens with one attached hydrogen (secondary N) is 2. The molecule has 7 nitrogen and oxygen atoms in total. The van der Waals surface area contributed by atoms with Crippen molar-refractivity contribution in [1.82, 2.24) is 15.3 Å². The van der Waals surface area contributed by atoms with Crippen molar-refractivity contribution in [3.05, 3.63) is 63.6 Å². The summed E-state index contributed by atoms with van der Waals surface area (Å²) < 4.78 is 59.7. The fraction of sp³-hybridized carbons (Fsp3) is 0.350. The summed E-state index contributed by atoms with van der Waals surface area (Å²) >= 11 is 0. The minimum absolute atomic E-state index is 0.105. The Morgan fingerprint density at radius 2 is 2.10 bits per heavy atom. The number of aromatic amines is 1. The van der Waals surface area contributed by atoms with Crippen LogP contribution in [0.4, 0.5) is 17.6 Å². The SMILES string of the molecule is COCC(NC(=O)c1cc(=O)[nH]c(C2=CCCC2)n1)c1ccc(OC(F)(F)F)c(F)c1. The molecule has 1 aliphatic carbocycles. The van der Waals surface area contributed by atoms with Crippen molar-refractivity contribution in [2.75, 3.05) is 13.7 Å². The van der Waals surface area contributed by atoms with Gasteiger partial charge in [0.25, 0.3) is 11.5 Å². The van der Waals surface area contributed by atoms with Crippen LogP contribution < -0.4 is 15.6 Å². The van der Waals surface area contributed by atoms with Gasteiger partial charge in [-0.25, -0.2) is 9.37 Å². The number of aromatic nitrogens is 2. The number of halogens is 4. The van der Waals surface area contributed by atoms with E-state index in [0.29, 0.717) is 5.82 Å². The Morgan fingerprint density at radius 1 is 1.32 bits per heavy atom. The van der Waals surface area contributed by atoms with Gasteiger partial charge >= 0.3 is 6.36 Å². The minimum atomic E-state index is -5.04. The fourth-order valence-electron chi connectivity index (χ4n) is 3.17. The number of alkyl halides is 3. The van der Waals surface area contributed by atoms with E-state index in [-0.39, 0.29) is 17.9 Å². The van der Waals surface area contributed by atoms with Crippen molar-refractivity contribution in [2.24, 2.45) is 0 Å². The highest BCUT2D eigenvalue weighted by Gasteiger charge is 2.32. The predicted molar refractivity (Wildman–Crippen MR) is 102 cm³/mol. The molecule has 0 radical (unpaired) electrons. The van der Waals surface area contributed by atoms with E-state index >= 15 is 0 Å². The van der Waals surface area contributed by atoms with Crippen molar-refractivity contribution >= 4 is 11.5 Å². The van der Waals surface area contributed by atoms with Gasteiger partial charge in [-0.2, -0.15) is 0 Å². The van der Waals surface area contributed by atoms with Crippen LogP contribution in [0, 0.1) is 5.82 Å². The molecule has 1 amide bonds. The number of H-pyrrole nitrogens is 1. The van der Waals surface area contributed by atoms with E-state index in [0.717, 1.165) is 43.0 Å². The number of allylic oxidation sites excluding steroid dienone is 2. The van der Waals surface area contributed by atoms with E-state index in [1.165, 1.54) is 13.2 Å². The van der Waals surface area contributed by atoms with Crippen LogP contribution in [-0.2, 0) is 4.74 Å². The molecule has 166 valence electrons. The van der Waals surface area contributed by atoms with Crippen LogP contribution in [0.5, 0.6) is 5.75 Å². The monoisotopic (exact) mass is 441 g/mol. The highest BCUT2D eigenvalue weighted by molar-refractivity contribution is 5.92. The normalized spacial score (nSPS) is 14.8. The summed E-state index contributed by atoms with van der Waals surface area (Å²) in [5.41, 5.74) is 0.324. The van der Waals surface area contributed by atoms with E-state index in [1.54, 1.807) is 0 Å². The van der Waals surface area contributed by atoms with Crippen LogP contribution in [-0.4, -0.2) is 36.0 Å². The van der Waals surface area contributed by atoms with Gasteiger partial charge < -0.3 is 19.8 Å². The molecule has 1 aromatic heterocycles. The topological polar surface area (TPSA) is 93.3 Å². The van der Waals surface area contributed by atoms with Gasteiger partial charge in [-0.1, -0.05) is 12.1 Å². The zero-order valence-corrected chi connectivity index (χ0v) is 16.4. The molecule has 1 aliphatic rings. The van der Waals surface area contributed by atoms with E-state index < -0.39 is 35.4 Å². The van der Waals surface area contributed by atoms with Crippen LogP contribution in [0.3, 0.4) is 0 Å². The molecule has 0 bridgehead atoms.